The summed E-state index contributed by atoms with van der Waals surface area (Å²) < 4.78 is 1.04. The second-order valence-electron chi connectivity index (χ2n) is 4.22. The van der Waals surface area contributed by atoms with E-state index in [2.05, 4.69) is 21.2 Å². The second-order valence-corrected chi connectivity index (χ2v) is 5.07. The third-order valence-corrected chi connectivity index (χ3v) is 4.01. The first-order valence-electron chi connectivity index (χ1n) is 5.29. The normalized spacial score (nSPS) is 24.6. The minimum atomic E-state index is -0.716. The molecule has 1 aliphatic heterocycles. The van der Waals surface area contributed by atoms with Crippen LogP contribution in [-0.2, 0) is 4.79 Å². The van der Waals surface area contributed by atoms with Gasteiger partial charge in [-0.2, -0.15) is 0 Å². The molecular formula is C12H14BrNO2. The standard InChI is InChI=1S/C12H14BrNO2/c1-7-2-3-8(4-11(7)13)9-5-14-6-10(9)12(15)16/h2-4,9-10,14H,5-6H2,1H3,(H,15,16). The molecule has 0 aromatic heterocycles. The van der Waals surface area contributed by atoms with Gasteiger partial charge in [-0.05, 0) is 24.1 Å². The number of rotatable bonds is 2. The smallest absolute Gasteiger partial charge is 0.308 e. The largest absolute Gasteiger partial charge is 0.481 e. The highest BCUT2D eigenvalue weighted by Gasteiger charge is 2.33. The zero-order chi connectivity index (χ0) is 11.7. The van der Waals surface area contributed by atoms with Gasteiger partial charge in [0.1, 0.15) is 0 Å². The molecule has 0 spiro atoms. The molecule has 1 aliphatic rings. The van der Waals surface area contributed by atoms with Crippen LogP contribution in [0.1, 0.15) is 17.0 Å². The van der Waals surface area contributed by atoms with Crippen LogP contribution in [0.15, 0.2) is 22.7 Å². The lowest BCUT2D eigenvalue weighted by atomic mass is 9.89. The van der Waals surface area contributed by atoms with Gasteiger partial charge in [0.05, 0.1) is 5.92 Å². The molecule has 16 heavy (non-hydrogen) atoms. The molecule has 86 valence electrons. The van der Waals surface area contributed by atoms with Crippen LogP contribution in [0.2, 0.25) is 0 Å². The van der Waals surface area contributed by atoms with Crippen LogP contribution in [0.3, 0.4) is 0 Å². The number of aryl methyl sites for hydroxylation is 1. The molecule has 2 rings (SSSR count). The van der Waals surface area contributed by atoms with E-state index in [0.717, 1.165) is 16.6 Å². The van der Waals surface area contributed by atoms with Crippen molar-refractivity contribution in [3.05, 3.63) is 33.8 Å². The topological polar surface area (TPSA) is 49.3 Å². The predicted octanol–water partition coefficient (Wildman–Crippen LogP) is 2.15. The number of nitrogens with one attached hydrogen (secondary N) is 1. The highest BCUT2D eigenvalue weighted by atomic mass is 79.9. The lowest BCUT2D eigenvalue weighted by molar-refractivity contribution is -0.141. The summed E-state index contributed by atoms with van der Waals surface area (Å²) in [4.78, 5) is 11.1. The number of hydrogen-bond donors (Lipinski definition) is 2. The van der Waals surface area contributed by atoms with Crippen LogP contribution >= 0.6 is 15.9 Å². The molecule has 0 saturated carbocycles. The summed E-state index contributed by atoms with van der Waals surface area (Å²) in [7, 11) is 0. The number of carboxylic acids is 1. The van der Waals surface area contributed by atoms with Crippen molar-refractivity contribution in [3.8, 4) is 0 Å². The van der Waals surface area contributed by atoms with Gasteiger partial charge in [0.15, 0.2) is 0 Å². The molecule has 2 atom stereocenters. The van der Waals surface area contributed by atoms with E-state index in [1.165, 1.54) is 5.56 Å². The first kappa shape index (κ1) is 11.6. The summed E-state index contributed by atoms with van der Waals surface area (Å²) in [6.07, 6.45) is 0. The molecule has 1 saturated heterocycles. The van der Waals surface area contributed by atoms with Gasteiger partial charge in [-0.15, -0.1) is 0 Å². The van der Waals surface area contributed by atoms with Gasteiger partial charge in [-0.3, -0.25) is 4.79 Å². The number of hydrogen-bond acceptors (Lipinski definition) is 2. The van der Waals surface area contributed by atoms with Crippen molar-refractivity contribution in [1.29, 1.82) is 0 Å². The van der Waals surface area contributed by atoms with Crippen LogP contribution < -0.4 is 5.32 Å². The number of aliphatic carboxylic acids is 1. The Labute approximate surface area is 103 Å². The van der Waals surface area contributed by atoms with Gasteiger partial charge < -0.3 is 10.4 Å². The number of carbonyl (C=O) groups is 1. The fourth-order valence-corrected chi connectivity index (χ4v) is 2.52. The molecule has 1 aromatic rings. The monoisotopic (exact) mass is 283 g/mol. The van der Waals surface area contributed by atoms with Gasteiger partial charge in [-0.25, -0.2) is 0 Å². The van der Waals surface area contributed by atoms with Crippen molar-refractivity contribution < 1.29 is 9.90 Å². The molecule has 1 heterocycles. The summed E-state index contributed by atoms with van der Waals surface area (Å²) in [6.45, 7) is 3.33. The lowest BCUT2D eigenvalue weighted by Crippen LogP contribution is -2.21. The van der Waals surface area contributed by atoms with Gasteiger partial charge in [0.25, 0.3) is 0 Å². The summed E-state index contributed by atoms with van der Waals surface area (Å²) in [5, 5.41) is 12.3. The summed E-state index contributed by atoms with van der Waals surface area (Å²) in [6, 6.07) is 6.08. The quantitative estimate of drug-likeness (QED) is 0.874. The van der Waals surface area contributed by atoms with E-state index in [9.17, 15) is 4.79 Å². The summed E-state index contributed by atoms with van der Waals surface area (Å²) in [5.41, 5.74) is 2.26. The molecule has 0 amide bonds. The van der Waals surface area contributed by atoms with Crippen molar-refractivity contribution in [1.82, 2.24) is 5.32 Å². The maximum atomic E-state index is 11.1. The van der Waals surface area contributed by atoms with E-state index in [1.807, 2.05) is 25.1 Å². The van der Waals surface area contributed by atoms with E-state index in [0.29, 0.717) is 6.54 Å². The van der Waals surface area contributed by atoms with Crippen LogP contribution in [0.4, 0.5) is 0 Å². The minimum absolute atomic E-state index is 0.0781. The van der Waals surface area contributed by atoms with E-state index >= 15 is 0 Å². The third kappa shape index (κ3) is 2.13. The van der Waals surface area contributed by atoms with Crippen LogP contribution in [0.5, 0.6) is 0 Å². The molecule has 0 radical (unpaired) electrons. The SMILES string of the molecule is Cc1ccc(C2CNCC2C(=O)O)cc1Br. The molecule has 2 unspecified atom stereocenters. The average molecular weight is 284 g/mol. The number of halogens is 1. The van der Waals surface area contributed by atoms with Gasteiger partial charge in [-0.1, -0.05) is 28.1 Å². The number of carboxylic acid groups (broad SMARTS) is 1. The first-order chi connectivity index (χ1) is 7.59. The van der Waals surface area contributed by atoms with Crippen molar-refractivity contribution in [2.75, 3.05) is 13.1 Å². The average Bonchev–Trinajstić information content (AvgIpc) is 2.71. The molecule has 3 nitrogen and oxygen atoms in total. The van der Waals surface area contributed by atoms with Gasteiger partial charge in [0.2, 0.25) is 0 Å². The van der Waals surface area contributed by atoms with Crippen molar-refractivity contribution in [2.45, 2.75) is 12.8 Å². The van der Waals surface area contributed by atoms with E-state index in [4.69, 9.17) is 5.11 Å². The molecular weight excluding hydrogens is 270 g/mol. The Hall–Kier alpha value is -0.870. The molecule has 0 aliphatic carbocycles. The molecule has 4 heteroatoms. The van der Waals surface area contributed by atoms with E-state index in [-0.39, 0.29) is 11.8 Å². The maximum Gasteiger partial charge on any atom is 0.308 e. The van der Waals surface area contributed by atoms with Crippen LogP contribution in [0, 0.1) is 12.8 Å². The van der Waals surface area contributed by atoms with E-state index in [1.54, 1.807) is 0 Å². The first-order valence-corrected chi connectivity index (χ1v) is 6.08. The van der Waals surface area contributed by atoms with Crippen molar-refractivity contribution in [3.63, 3.8) is 0 Å². The fraction of sp³-hybridized carbons (Fsp3) is 0.417. The highest BCUT2D eigenvalue weighted by molar-refractivity contribution is 9.10. The zero-order valence-electron chi connectivity index (χ0n) is 9.03. The Morgan fingerprint density at radius 2 is 2.25 bits per heavy atom. The molecule has 0 bridgehead atoms. The number of benzene rings is 1. The van der Waals surface area contributed by atoms with Crippen LogP contribution in [0.25, 0.3) is 0 Å². The van der Waals surface area contributed by atoms with E-state index < -0.39 is 5.97 Å². The maximum absolute atomic E-state index is 11.1. The highest BCUT2D eigenvalue weighted by Crippen LogP contribution is 2.30. The minimum Gasteiger partial charge on any atom is -0.481 e. The predicted molar refractivity (Wildman–Crippen MR) is 65.6 cm³/mol. The van der Waals surface area contributed by atoms with Gasteiger partial charge in [0, 0.05) is 23.5 Å². The lowest BCUT2D eigenvalue weighted by Gasteiger charge is -2.15. The van der Waals surface area contributed by atoms with Crippen molar-refractivity contribution in [2.24, 2.45) is 5.92 Å². The molecule has 1 aromatic carbocycles. The Balaban J connectivity index is 2.29. The third-order valence-electron chi connectivity index (χ3n) is 3.16. The second kappa shape index (κ2) is 4.55. The Morgan fingerprint density at radius 1 is 1.50 bits per heavy atom. The Bertz CT molecular complexity index is 419. The Morgan fingerprint density at radius 3 is 2.88 bits per heavy atom. The molecule has 1 fully saturated rings. The fourth-order valence-electron chi connectivity index (χ4n) is 2.13. The van der Waals surface area contributed by atoms with Crippen LogP contribution in [-0.4, -0.2) is 24.2 Å². The summed E-state index contributed by atoms with van der Waals surface area (Å²) >= 11 is 3.48. The zero-order valence-corrected chi connectivity index (χ0v) is 10.6. The summed E-state index contributed by atoms with van der Waals surface area (Å²) in [5.74, 6) is -0.948. The Kier molecular flexibility index (Phi) is 3.30. The van der Waals surface area contributed by atoms with Gasteiger partial charge >= 0.3 is 5.97 Å². The molecule has 2 N–H and O–H groups in total. The van der Waals surface area contributed by atoms with Crippen molar-refractivity contribution >= 4 is 21.9 Å².